The molecule has 1 amide bonds. The summed E-state index contributed by atoms with van der Waals surface area (Å²) in [5.41, 5.74) is 2.63. The van der Waals surface area contributed by atoms with Crippen LogP contribution >= 0.6 is 0 Å². The molecule has 1 unspecified atom stereocenters. The summed E-state index contributed by atoms with van der Waals surface area (Å²) in [7, 11) is 0. The van der Waals surface area contributed by atoms with Crippen molar-refractivity contribution in [2.75, 3.05) is 18.1 Å². The van der Waals surface area contributed by atoms with Crippen molar-refractivity contribution in [2.24, 2.45) is 0 Å². The maximum atomic E-state index is 13.4. The molecule has 180 valence electrons. The molecule has 4 rings (SSSR count). The number of aliphatic hydroxyl groups excluding tert-OH is 1. The second kappa shape index (κ2) is 10.5. The molecule has 6 heteroatoms. The van der Waals surface area contributed by atoms with Crippen LogP contribution in [0, 0.1) is 6.92 Å². The number of aryl methyl sites for hydroxylation is 1. The summed E-state index contributed by atoms with van der Waals surface area (Å²) in [5, 5.41) is 11.4. The second-order valence-electron chi connectivity index (χ2n) is 8.33. The van der Waals surface area contributed by atoms with Crippen molar-refractivity contribution in [3.05, 3.63) is 95.1 Å². The number of carbonyl (C=O) groups excluding carboxylic acids is 2. The number of carbonyl (C=O) groups is 2. The molecule has 1 aliphatic rings. The molecule has 1 saturated heterocycles. The van der Waals surface area contributed by atoms with Crippen LogP contribution in [0.2, 0.25) is 0 Å². The van der Waals surface area contributed by atoms with Gasteiger partial charge in [0.2, 0.25) is 0 Å². The minimum Gasteiger partial charge on any atom is -0.507 e. The Hall–Kier alpha value is -4.06. The largest absolute Gasteiger partial charge is 0.507 e. The molecule has 35 heavy (non-hydrogen) atoms. The first-order chi connectivity index (χ1) is 17.0. The Bertz CT molecular complexity index is 1280. The van der Waals surface area contributed by atoms with E-state index in [-0.39, 0.29) is 11.3 Å². The van der Waals surface area contributed by atoms with E-state index in [1.165, 1.54) is 4.90 Å². The Balaban J connectivity index is 1.90. The molecule has 0 aromatic heterocycles. The Labute approximate surface area is 205 Å². The van der Waals surface area contributed by atoms with Gasteiger partial charge in [-0.3, -0.25) is 14.5 Å². The molecule has 0 radical (unpaired) electrons. The van der Waals surface area contributed by atoms with Crippen molar-refractivity contribution in [1.29, 1.82) is 0 Å². The fourth-order valence-electron chi connectivity index (χ4n) is 4.29. The van der Waals surface area contributed by atoms with E-state index in [0.29, 0.717) is 36.0 Å². The summed E-state index contributed by atoms with van der Waals surface area (Å²) >= 11 is 0. The number of ether oxygens (including phenoxy) is 2. The number of amides is 1. The van der Waals surface area contributed by atoms with E-state index in [1.807, 2.05) is 45.0 Å². The van der Waals surface area contributed by atoms with E-state index in [0.717, 1.165) is 17.5 Å². The molecule has 3 aromatic carbocycles. The maximum Gasteiger partial charge on any atom is 0.300 e. The van der Waals surface area contributed by atoms with Gasteiger partial charge < -0.3 is 14.6 Å². The molecule has 0 aliphatic carbocycles. The molecular formula is C29H29NO5. The van der Waals surface area contributed by atoms with E-state index >= 15 is 0 Å². The number of Topliss-reactive ketones (excluding diaryl/α,β-unsaturated/α-hetero) is 1. The number of hydrogen-bond acceptors (Lipinski definition) is 5. The second-order valence-corrected chi connectivity index (χ2v) is 8.33. The maximum absolute atomic E-state index is 13.4. The van der Waals surface area contributed by atoms with E-state index in [2.05, 4.69) is 0 Å². The van der Waals surface area contributed by atoms with Crippen molar-refractivity contribution in [1.82, 2.24) is 0 Å². The van der Waals surface area contributed by atoms with E-state index in [1.54, 1.807) is 48.5 Å². The standard InChI is InChI=1S/C29H29NO5/c1-4-16-35-22-13-8-11-20(17-22)27(31)25-26(24-15-7-6-10-19(24)3)30(29(33)28(25)32)21-12-9-14-23(18-21)34-5-2/h6-15,17-18,26,31H,4-5,16H2,1-3H3/b27-25+. The number of benzene rings is 3. The lowest BCUT2D eigenvalue weighted by molar-refractivity contribution is -0.132. The highest BCUT2D eigenvalue weighted by atomic mass is 16.5. The van der Waals surface area contributed by atoms with Gasteiger partial charge in [0, 0.05) is 17.3 Å². The lowest BCUT2D eigenvalue weighted by Crippen LogP contribution is -2.29. The van der Waals surface area contributed by atoms with Crippen LogP contribution in [0.3, 0.4) is 0 Å². The number of anilines is 1. The van der Waals surface area contributed by atoms with Gasteiger partial charge in [-0.25, -0.2) is 0 Å². The molecule has 6 nitrogen and oxygen atoms in total. The van der Waals surface area contributed by atoms with Crippen molar-refractivity contribution in [3.63, 3.8) is 0 Å². The summed E-state index contributed by atoms with van der Waals surface area (Å²) < 4.78 is 11.3. The molecule has 1 N–H and O–H groups in total. The Morgan fingerprint density at radius 3 is 2.34 bits per heavy atom. The van der Waals surface area contributed by atoms with E-state index in [9.17, 15) is 14.7 Å². The van der Waals surface area contributed by atoms with Crippen molar-refractivity contribution >= 4 is 23.1 Å². The first-order valence-electron chi connectivity index (χ1n) is 11.8. The minimum atomic E-state index is -0.798. The normalized spacial score (nSPS) is 17.0. The molecule has 1 atom stereocenters. The third-order valence-electron chi connectivity index (χ3n) is 5.91. The summed E-state index contributed by atoms with van der Waals surface area (Å²) in [4.78, 5) is 28.2. The molecule has 1 fully saturated rings. The zero-order valence-electron chi connectivity index (χ0n) is 20.2. The van der Waals surface area contributed by atoms with Gasteiger partial charge in [-0.15, -0.1) is 0 Å². The smallest absolute Gasteiger partial charge is 0.300 e. The van der Waals surface area contributed by atoms with E-state index in [4.69, 9.17) is 9.47 Å². The number of hydrogen-bond donors (Lipinski definition) is 1. The van der Waals surface area contributed by atoms with Crippen LogP contribution in [0.5, 0.6) is 11.5 Å². The van der Waals surface area contributed by atoms with Gasteiger partial charge in [-0.2, -0.15) is 0 Å². The Morgan fingerprint density at radius 1 is 0.914 bits per heavy atom. The summed E-state index contributed by atoms with van der Waals surface area (Å²) in [6.45, 7) is 6.82. The summed E-state index contributed by atoms with van der Waals surface area (Å²) in [6.07, 6.45) is 0.843. The average Bonchev–Trinajstić information content (AvgIpc) is 3.13. The third-order valence-corrected chi connectivity index (χ3v) is 5.91. The Kier molecular flexibility index (Phi) is 7.20. The van der Waals surface area contributed by atoms with Crippen LogP contribution < -0.4 is 14.4 Å². The van der Waals surface area contributed by atoms with Gasteiger partial charge in [-0.05, 0) is 55.7 Å². The fourth-order valence-corrected chi connectivity index (χ4v) is 4.29. The first-order valence-corrected chi connectivity index (χ1v) is 11.8. The molecule has 0 saturated carbocycles. The predicted molar refractivity (Wildman–Crippen MR) is 136 cm³/mol. The predicted octanol–water partition coefficient (Wildman–Crippen LogP) is 5.81. The number of nitrogens with zero attached hydrogens (tertiary/aromatic N) is 1. The van der Waals surface area contributed by atoms with Crippen LogP contribution in [0.15, 0.2) is 78.4 Å². The highest BCUT2D eigenvalue weighted by Crippen LogP contribution is 2.43. The van der Waals surface area contributed by atoms with Crippen molar-refractivity contribution < 1.29 is 24.2 Å². The highest BCUT2D eigenvalue weighted by Gasteiger charge is 2.47. The molecular weight excluding hydrogens is 442 g/mol. The number of aliphatic hydroxyl groups is 1. The molecule has 1 aliphatic heterocycles. The van der Waals surface area contributed by atoms with Crippen molar-refractivity contribution in [2.45, 2.75) is 33.2 Å². The fraction of sp³-hybridized carbons (Fsp3) is 0.241. The van der Waals surface area contributed by atoms with Gasteiger partial charge in [0.05, 0.1) is 24.8 Å². The van der Waals surface area contributed by atoms with Crippen molar-refractivity contribution in [3.8, 4) is 11.5 Å². The molecule has 0 bridgehead atoms. The van der Waals surface area contributed by atoms with Gasteiger partial charge in [0.25, 0.3) is 11.7 Å². The Morgan fingerprint density at radius 2 is 1.63 bits per heavy atom. The van der Waals surface area contributed by atoms with Crippen LogP contribution in [0.4, 0.5) is 5.69 Å². The van der Waals surface area contributed by atoms with E-state index < -0.39 is 17.7 Å². The highest BCUT2D eigenvalue weighted by molar-refractivity contribution is 6.51. The lowest BCUT2D eigenvalue weighted by atomic mass is 9.92. The third kappa shape index (κ3) is 4.78. The van der Waals surface area contributed by atoms with Crippen LogP contribution in [-0.4, -0.2) is 30.0 Å². The van der Waals surface area contributed by atoms with Crippen LogP contribution in [-0.2, 0) is 9.59 Å². The summed E-state index contributed by atoms with van der Waals surface area (Å²) in [5.74, 6) is -0.496. The zero-order valence-corrected chi connectivity index (χ0v) is 20.2. The van der Waals surface area contributed by atoms with Gasteiger partial charge in [0.15, 0.2) is 0 Å². The minimum absolute atomic E-state index is 0.0405. The van der Waals surface area contributed by atoms with Gasteiger partial charge >= 0.3 is 0 Å². The number of ketones is 1. The molecule has 1 heterocycles. The van der Waals surface area contributed by atoms with Gasteiger partial charge in [-0.1, -0.05) is 49.4 Å². The monoisotopic (exact) mass is 471 g/mol. The molecule has 0 spiro atoms. The first kappa shape index (κ1) is 24.1. The van der Waals surface area contributed by atoms with Crippen LogP contribution in [0.1, 0.15) is 43.0 Å². The van der Waals surface area contributed by atoms with Crippen LogP contribution in [0.25, 0.3) is 5.76 Å². The number of rotatable bonds is 8. The summed E-state index contributed by atoms with van der Waals surface area (Å²) in [6, 6.07) is 20.8. The average molecular weight is 472 g/mol. The SMILES string of the molecule is CCCOc1cccc(/C(O)=C2\C(=O)C(=O)N(c3cccc(OCC)c3)C2c2ccccc2C)c1. The topological polar surface area (TPSA) is 76.1 Å². The quantitative estimate of drug-likeness (QED) is 0.255. The van der Waals surface area contributed by atoms with Gasteiger partial charge in [0.1, 0.15) is 17.3 Å². The molecule has 3 aromatic rings. The zero-order chi connectivity index (χ0) is 24.9. The lowest BCUT2D eigenvalue weighted by Gasteiger charge is -2.27.